The molecule has 2 aromatic carbocycles. The first-order valence-corrected chi connectivity index (χ1v) is 10.1. The summed E-state index contributed by atoms with van der Waals surface area (Å²) in [6.45, 7) is 2.14. The standard InChI is InChI=1S/C22H23ClN4O2/c23-18-9-5-4-8-17(18)14-24-19(28)15-27-12-10-22(11-13-27)25-20(21(29)26-22)16-6-2-1-3-7-16/h1-9H,10-15H2,(H,24,28)(H,26,29). The second kappa shape index (κ2) is 8.35. The molecule has 4 rings (SSSR count). The number of hydrogen-bond donors (Lipinski definition) is 2. The lowest BCUT2D eigenvalue weighted by molar-refractivity contribution is -0.123. The number of hydrogen-bond acceptors (Lipinski definition) is 4. The van der Waals surface area contributed by atoms with Gasteiger partial charge in [-0.2, -0.15) is 0 Å². The van der Waals surface area contributed by atoms with E-state index in [9.17, 15) is 9.59 Å². The van der Waals surface area contributed by atoms with Gasteiger partial charge in [0.1, 0.15) is 11.4 Å². The van der Waals surface area contributed by atoms with Crippen LogP contribution < -0.4 is 10.6 Å². The molecule has 2 N–H and O–H groups in total. The highest BCUT2D eigenvalue weighted by atomic mass is 35.5. The van der Waals surface area contributed by atoms with Crippen molar-refractivity contribution in [3.05, 3.63) is 70.7 Å². The minimum absolute atomic E-state index is 0.0372. The molecule has 29 heavy (non-hydrogen) atoms. The molecule has 6 nitrogen and oxygen atoms in total. The van der Waals surface area contributed by atoms with E-state index in [1.165, 1.54) is 0 Å². The molecule has 0 atom stereocenters. The van der Waals surface area contributed by atoms with Crippen LogP contribution in [0.5, 0.6) is 0 Å². The van der Waals surface area contributed by atoms with Crippen LogP contribution in [0.1, 0.15) is 24.0 Å². The molecule has 2 aliphatic rings. The van der Waals surface area contributed by atoms with Crippen molar-refractivity contribution in [1.82, 2.24) is 15.5 Å². The molecular formula is C22H23ClN4O2. The smallest absolute Gasteiger partial charge is 0.272 e. The van der Waals surface area contributed by atoms with E-state index >= 15 is 0 Å². The van der Waals surface area contributed by atoms with Gasteiger partial charge in [0.05, 0.1) is 6.54 Å². The maximum atomic E-state index is 12.4. The number of halogens is 1. The van der Waals surface area contributed by atoms with Crippen LogP contribution in [0, 0.1) is 0 Å². The number of nitrogens with one attached hydrogen (secondary N) is 2. The van der Waals surface area contributed by atoms with Gasteiger partial charge in [-0.1, -0.05) is 60.1 Å². The predicted octanol–water partition coefficient (Wildman–Crippen LogP) is 2.37. The summed E-state index contributed by atoms with van der Waals surface area (Å²) >= 11 is 6.13. The predicted molar refractivity (Wildman–Crippen MR) is 113 cm³/mol. The van der Waals surface area contributed by atoms with E-state index in [0.717, 1.165) is 11.1 Å². The first-order valence-electron chi connectivity index (χ1n) is 9.75. The van der Waals surface area contributed by atoms with E-state index in [1.54, 1.807) is 0 Å². The summed E-state index contributed by atoms with van der Waals surface area (Å²) in [5.41, 5.74) is 1.68. The van der Waals surface area contributed by atoms with Gasteiger partial charge in [0.15, 0.2) is 0 Å². The Balaban J connectivity index is 1.30. The van der Waals surface area contributed by atoms with Crippen LogP contribution in [0.2, 0.25) is 5.02 Å². The summed E-state index contributed by atoms with van der Waals surface area (Å²) < 4.78 is 0. The molecule has 0 aliphatic carbocycles. The van der Waals surface area contributed by atoms with E-state index < -0.39 is 5.66 Å². The van der Waals surface area contributed by atoms with Gasteiger partial charge in [-0.05, 0) is 11.6 Å². The molecule has 0 aromatic heterocycles. The highest BCUT2D eigenvalue weighted by molar-refractivity contribution is 6.46. The SMILES string of the molecule is O=C(CN1CCC2(CC1)N=C(c1ccccc1)C(=O)N2)NCc1ccccc1Cl. The quantitative estimate of drug-likeness (QED) is 0.794. The molecule has 150 valence electrons. The number of aliphatic imine (C=N–C) groups is 1. The molecule has 1 saturated heterocycles. The van der Waals surface area contributed by atoms with Crippen LogP contribution in [-0.4, -0.2) is 47.7 Å². The third-order valence-corrected chi connectivity index (χ3v) is 5.79. The van der Waals surface area contributed by atoms with Crippen LogP contribution in [0.15, 0.2) is 59.6 Å². The first-order chi connectivity index (χ1) is 14.0. The van der Waals surface area contributed by atoms with Crippen LogP contribution in [0.4, 0.5) is 0 Å². The molecule has 0 radical (unpaired) electrons. The zero-order valence-electron chi connectivity index (χ0n) is 16.0. The Kier molecular flexibility index (Phi) is 5.65. The number of benzene rings is 2. The van der Waals surface area contributed by atoms with Crippen LogP contribution in [0.25, 0.3) is 0 Å². The minimum atomic E-state index is -0.549. The summed E-state index contributed by atoms with van der Waals surface area (Å²) in [6.07, 6.45) is 1.37. The number of amides is 2. The topological polar surface area (TPSA) is 73.8 Å². The largest absolute Gasteiger partial charge is 0.351 e. The molecule has 1 fully saturated rings. The van der Waals surface area contributed by atoms with Gasteiger partial charge in [0, 0.05) is 43.1 Å². The van der Waals surface area contributed by atoms with Crippen LogP contribution >= 0.6 is 11.6 Å². The molecule has 0 bridgehead atoms. The molecular weight excluding hydrogens is 388 g/mol. The highest BCUT2D eigenvalue weighted by Gasteiger charge is 2.42. The normalized spacial score (nSPS) is 18.4. The number of carbonyl (C=O) groups excluding carboxylic acids is 2. The van der Waals surface area contributed by atoms with Crippen molar-refractivity contribution >= 4 is 29.1 Å². The van der Waals surface area contributed by atoms with Crippen LogP contribution in [-0.2, 0) is 16.1 Å². The monoisotopic (exact) mass is 410 g/mol. The average molecular weight is 411 g/mol. The summed E-state index contributed by atoms with van der Waals surface area (Å²) in [4.78, 5) is 31.6. The second-order valence-corrected chi connectivity index (χ2v) is 7.86. The third-order valence-electron chi connectivity index (χ3n) is 5.42. The average Bonchev–Trinajstić information content (AvgIpc) is 3.06. The summed E-state index contributed by atoms with van der Waals surface area (Å²) in [7, 11) is 0. The van der Waals surface area contributed by atoms with Gasteiger partial charge < -0.3 is 10.6 Å². The van der Waals surface area contributed by atoms with E-state index in [0.29, 0.717) is 49.8 Å². The van der Waals surface area contributed by atoms with Gasteiger partial charge in [0.25, 0.3) is 5.91 Å². The van der Waals surface area contributed by atoms with Crippen molar-refractivity contribution in [3.8, 4) is 0 Å². The van der Waals surface area contributed by atoms with Crippen molar-refractivity contribution in [2.75, 3.05) is 19.6 Å². The molecule has 0 saturated carbocycles. The lowest BCUT2D eigenvalue weighted by atomic mass is 9.98. The zero-order valence-corrected chi connectivity index (χ0v) is 16.8. The lowest BCUT2D eigenvalue weighted by Gasteiger charge is -2.36. The molecule has 1 spiro atoms. The zero-order chi connectivity index (χ0) is 20.3. The maximum absolute atomic E-state index is 12.4. The van der Waals surface area contributed by atoms with E-state index in [1.807, 2.05) is 54.6 Å². The Hall–Kier alpha value is -2.70. The second-order valence-electron chi connectivity index (χ2n) is 7.46. The summed E-state index contributed by atoms with van der Waals surface area (Å²) in [5, 5.41) is 6.63. The Morgan fingerprint density at radius 2 is 1.79 bits per heavy atom. The van der Waals surface area contributed by atoms with Gasteiger partial charge in [0.2, 0.25) is 5.91 Å². The Morgan fingerprint density at radius 1 is 1.10 bits per heavy atom. The Labute approximate surface area is 175 Å². The molecule has 7 heteroatoms. The van der Waals surface area contributed by atoms with Crippen molar-refractivity contribution < 1.29 is 9.59 Å². The van der Waals surface area contributed by atoms with Gasteiger partial charge in [-0.3, -0.25) is 19.5 Å². The van der Waals surface area contributed by atoms with Crippen molar-refractivity contribution in [3.63, 3.8) is 0 Å². The molecule has 2 aliphatic heterocycles. The number of carbonyl (C=O) groups is 2. The van der Waals surface area contributed by atoms with Crippen molar-refractivity contribution in [2.24, 2.45) is 4.99 Å². The molecule has 0 unspecified atom stereocenters. The Bertz CT molecular complexity index is 937. The molecule has 2 aromatic rings. The number of rotatable bonds is 5. The lowest BCUT2D eigenvalue weighted by Crippen LogP contribution is -2.52. The van der Waals surface area contributed by atoms with Crippen molar-refractivity contribution in [1.29, 1.82) is 0 Å². The van der Waals surface area contributed by atoms with Gasteiger partial charge >= 0.3 is 0 Å². The fraction of sp³-hybridized carbons (Fsp3) is 0.318. The highest BCUT2D eigenvalue weighted by Crippen LogP contribution is 2.28. The minimum Gasteiger partial charge on any atom is -0.351 e. The molecule has 2 amide bonds. The first kappa shape index (κ1) is 19.6. The Morgan fingerprint density at radius 3 is 2.52 bits per heavy atom. The van der Waals surface area contributed by atoms with E-state index in [4.69, 9.17) is 16.6 Å². The summed E-state index contributed by atoms with van der Waals surface area (Å²) in [5.74, 6) is -0.160. The number of piperidine rings is 1. The van der Waals surface area contributed by atoms with Crippen molar-refractivity contribution in [2.45, 2.75) is 25.0 Å². The van der Waals surface area contributed by atoms with E-state index in [2.05, 4.69) is 15.5 Å². The third kappa shape index (κ3) is 4.49. The maximum Gasteiger partial charge on any atom is 0.272 e. The van der Waals surface area contributed by atoms with Crippen LogP contribution in [0.3, 0.4) is 0 Å². The number of likely N-dealkylation sites (tertiary alicyclic amines) is 1. The fourth-order valence-corrected chi connectivity index (χ4v) is 3.97. The number of nitrogens with zero attached hydrogens (tertiary/aromatic N) is 2. The summed E-state index contributed by atoms with van der Waals surface area (Å²) in [6, 6.07) is 17.0. The van der Waals surface area contributed by atoms with Gasteiger partial charge in [-0.25, -0.2) is 0 Å². The van der Waals surface area contributed by atoms with Gasteiger partial charge in [-0.15, -0.1) is 0 Å². The van der Waals surface area contributed by atoms with E-state index in [-0.39, 0.29) is 11.8 Å². The molecule has 2 heterocycles. The fourth-order valence-electron chi connectivity index (χ4n) is 3.77.